The molecule has 7 nitrogen and oxygen atoms in total. The molecule has 0 spiro atoms. The number of hydrogen-bond donors (Lipinski definition) is 0. The predicted molar refractivity (Wildman–Crippen MR) is 102 cm³/mol. The number of likely N-dealkylation sites (tertiary alicyclic amines) is 2. The van der Waals surface area contributed by atoms with E-state index in [1.54, 1.807) is 12.4 Å². The van der Waals surface area contributed by atoms with Gasteiger partial charge in [0.2, 0.25) is 0 Å². The fourth-order valence-electron chi connectivity index (χ4n) is 4.17. The maximum atomic E-state index is 13.1. The minimum atomic E-state index is -0.0206. The summed E-state index contributed by atoms with van der Waals surface area (Å²) in [5.41, 5.74) is 1.55. The first-order valence-corrected chi connectivity index (χ1v) is 10.1. The molecule has 2 aromatic rings. The van der Waals surface area contributed by atoms with Gasteiger partial charge >= 0.3 is 0 Å². The Morgan fingerprint density at radius 2 is 1.93 bits per heavy atom. The van der Waals surface area contributed by atoms with Crippen LogP contribution in [0.3, 0.4) is 0 Å². The summed E-state index contributed by atoms with van der Waals surface area (Å²) in [6, 6.07) is 4.07. The molecule has 0 bridgehead atoms. The van der Waals surface area contributed by atoms with Gasteiger partial charge in [-0.05, 0) is 56.8 Å². The van der Waals surface area contributed by atoms with Gasteiger partial charge in [-0.2, -0.15) is 0 Å². The van der Waals surface area contributed by atoms with E-state index in [9.17, 15) is 4.79 Å². The number of pyridine rings is 1. The summed E-state index contributed by atoms with van der Waals surface area (Å²) >= 11 is 0. The number of carbonyl (C=O) groups is 1. The highest BCUT2D eigenvalue weighted by Crippen LogP contribution is 2.31. The van der Waals surface area contributed by atoms with Crippen molar-refractivity contribution in [2.24, 2.45) is 0 Å². The fraction of sp³-hybridized carbons (Fsp3) is 0.600. The number of piperidine rings is 2. The Morgan fingerprint density at radius 1 is 1.07 bits per heavy atom. The van der Waals surface area contributed by atoms with E-state index < -0.39 is 0 Å². The third kappa shape index (κ3) is 4.35. The second-order valence-corrected chi connectivity index (χ2v) is 7.57. The monoisotopic (exact) mass is 368 g/mol. The zero-order valence-corrected chi connectivity index (χ0v) is 15.8. The third-order valence-electron chi connectivity index (χ3n) is 5.68. The number of aromatic nitrogens is 4. The van der Waals surface area contributed by atoms with Crippen LogP contribution in [0.4, 0.5) is 0 Å². The van der Waals surface area contributed by atoms with Crippen LogP contribution in [-0.4, -0.2) is 61.9 Å². The smallest absolute Gasteiger partial charge is 0.276 e. The molecule has 1 atom stereocenters. The molecule has 0 radical (unpaired) electrons. The number of hydrogen-bond acceptors (Lipinski definition) is 5. The summed E-state index contributed by atoms with van der Waals surface area (Å²) in [6.07, 6.45) is 12.5. The SMILES string of the molecule is O=C(c1cn(CCN2CCCCC2)nn1)N1CCCCC1c1cccnc1. The van der Waals surface area contributed by atoms with E-state index in [4.69, 9.17) is 0 Å². The van der Waals surface area contributed by atoms with Crippen molar-refractivity contribution >= 4 is 5.91 Å². The Labute approximate surface area is 160 Å². The first-order valence-electron chi connectivity index (χ1n) is 10.1. The van der Waals surface area contributed by atoms with Gasteiger partial charge < -0.3 is 9.80 Å². The van der Waals surface area contributed by atoms with Crippen LogP contribution in [0.1, 0.15) is 60.6 Å². The van der Waals surface area contributed by atoms with Crippen LogP contribution >= 0.6 is 0 Å². The molecule has 2 fully saturated rings. The van der Waals surface area contributed by atoms with Crippen molar-refractivity contribution in [3.8, 4) is 0 Å². The lowest BCUT2D eigenvalue weighted by molar-refractivity contribution is 0.0605. The van der Waals surface area contributed by atoms with E-state index in [1.807, 2.05) is 21.8 Å². The average Bonchev–Trinajstić information content (AvgIpc) is 3.22. The molecule has 0 saturated carbocycles. The molecule has 0 aromatic carbocycles. The number of nitrogens with zero attached hydrogens (tertiary/aromatic N) is 6. The molecule has 27 heavy (non-hydrogen) atoms. The molecule has 2 aliphatic rings. The largest absolute Gasteiger partial charge is 0.330 e. The maximum absolute atomic E-state index is 13.1. The standard InChI is InChI=1S/C20H28N6O/c27-20(26-12-5-2-8-19(26)17-7-6-9-21-15-17)18-16-25(23-22-18)14-13-24-10-3-1-4-11-24/h6-7,9,15-16,19H,1-5,8,10-14H2. The second-order valence-electron chi connectivity index (χ2n) is 7.57. The van der Waals surface area contributed by atoms with Crippen LogP contribution in [0.15, 0.2) is 30.7 Å². The van der Waals surface area contributed by atoms with E-state index >= 15 is 0 Å². The predicted octanol–water partition coefficient (Wildman–Crippen LogP) is 2.53. The molecule has 4 rings (SSSR count). The minimum absolute atomic E-state index is 0.0206. The lowest BCUT2D eigenvalue weighted by Gasteiger charge is -2.35. The first kappa shape index (κ1) is 18.1. The minimum Gasteiger partial charge on any atom is -0.330 e. The van der Waals surface area contributed by atoms with Crippen LogP contribution in [0, 0.1) is 0 Å². The summed E-state index contributed by atoms with van der Waals surface area (Å²) < 4.78 is 1.81. The lowest BCUT2D eigenvalue weighted by atomic mass is 9.96. The molecular weight excluding hydrogens is 340 g/mol. The van der Waals surface area contributed by atoms with Crippen LogP contribution in [0.2, 0.25) is 0 Å². The second kappa shape index (κ2) is 8.61. The van der Waals surface area contributed by atoms with E-state index in [0.29, 0.717) is 5.69 Å². The zero-order chi connectivity index (χ0) is 18.5. The summed E-state index contributed by atoms with van der Waals surface area (Å²) in [4.78, 5) is 21.7. The molecule has 0 aliphatic carbocycles. The van der Waals surface area contributed by atoms with Crippen molar-refractivity contribution in [2.75, 3.05) is 26.2 Å². The van der Waals surface area contributed by atoms with Crippen molar-refractivity contribution in [3.05, 3.63) is 42.0 Å². The summed E-state index contributed by atoms with van der Waals surface area (Å²) in [5.74, 6) is -0.0206. The highest BCUT2D eigenvalue weighted by atomic mass is 16.2. The topological polar surface area (TPSA) is 67.2 Å². The molecule has 2 aromatic heterocycles. The Morgan fingerprint density at radius 3 is 2.74 bits per heavy atom. The van der Waals surface area contributed by atoms with E-state index in [-0.39, 0.29) is 11.9 Å². The molecule has 2 aliphatic heterocycles. The van der Waals surface area contributed by atoms with Crippen molar-refractivity contribution < 1.29 is 4.79 Å². The van der Waals surface area contributed by atoms with Crippen LogP contribution in [-0.2, 0) is 6.54 Å². The van der Waals surface area contributed by atoms with Crippen molar-refractivity contribution in [3.63, 3.8) is 0 Å². The van der Waals surface area contributed by atoms with Gasteiger partial charge in [-0.25, -0.2) is 0 Å². The van der Waals surface area contributed by atoms with Gasteiger partial charge in [0, 0.05) is 25.5 Å². The molecule has 144 valence electrons. The van der Waals surface area contributed by atoms with E-state index in [0.717, 1.165) is 44.5 Å². The van der Waals surface area contributed by atoms with Gasteiger partial charge in [0.1, 0.15) is 0 Å². The molecule has 7 heteroatoms. The maximum Gasteiger partial charge on any atom is 0.276 e. The summed E-state index contributed by atoms with van der Waals surface area (Å²) in [5, 5.41) is 8.37. The molecular formula is C20H28N6O. The molecule has 0 N–H and O–H groups in total. The van der Waals surface area contributed by atoms with Crippen molar-refractivity contribution in [1.29, 1.82) is 0 Å². The molecule has 2 saturated heterocycles. The van der Waals surface area contributed by atoms with Gasteiger partial charge in [0.05, 0.1) is 18.8 Å². The van der Waals surface area contributed by atoms with Gasteiger partial charge in [0.15, 0.2) is 5.69 Å². The molecule has 1 unspecified atom stereocenters. The molecule has 1 amide bonds. The van der Waals surface area contributed by atoms with Crippen LogP contribution < -0.4 is 0 Å². The van der Waals surface area contributed by atoms with E-state index in [1.165, 1.54) is 32.4 Å². The zero-order valence-electron chi connectivity index (χ0n) is 15.8. The summed E-state index contributed by atoms with van der Waals surface area (Å²) in [7, 11) is 0. The van der Waals surface area contributed by atoms with Crippen molar-refractivity contribution in [1.82, 2.24) is 29.8 Å². The Bertz CT molecular complexity index is 740. The van der Waals surface area contributed by atoms with Crippen molar-refractivity contribution in [2.45, 2.75) is 51.1 Å². The Balaban J connectivity index is 1.41. The lowest BCUT2D eigenvalue weighted by Crippen LogP contribution is -2.38. The summed E-state index contributed by atoms with van der Waals surface area (Å²) in [6.45, 7) is 4.85. The van der Waals surface area contributed by atoms with Crippen LogP contribution in [0.5, 0.6) is 0 Å². The highest BCUT2D eigenvalue weighted by molar-refractivity contribution is 5.92. The van der Waals surface area contributed by atoms with Gasteiger partial charge in [0.25, 0.3) is 5.91 Å². The average molecular weight is 368 g/mol. The van der Waals surface area contributed by atoms with E-state index in [2.05, 4.69) is 26.3 Å². The Kier molecular flexibility index (Phi) is 5.77. The third-order valence-corrected chi connectivity index (χ3v) is 5.68. The van der Waals surface area contributed by atoms with Gasteiger partial charge in [-0.1, -0.05) is 17.7 Å². The Hall–Kier alpha value is -2.28. The van der Waals surface area contributed by atoms with Gasteiger partial charge in [-0.3, -0.25) is 14.5 Å². The normalized spacial score (nSPS) is 21.3. The van der Waals surface area contributed by atoms with Crippen LogP contribution in [0.25, 0.3) is 0 Å². The number of rotatable bonds is 5. The highest BCUT2D eigenvalue weighted by Gasteiger charge is 2.30. The first-order chi connectivity index (χ1) is 13.3. The molecule has 4 heterocycles. The number of carbonyl (C=O) groups excluding carboxylic acids is 1. The fourth-order valence-corrected chi connectivity index (χ4v) is 4.17. The quantitative estimate of drug-likeness (QED) is 0.811. The van der Waals surface area contributed by atoms with Gasteiger partial charge in [-0.15, -0.1) is 5.10 Å². The number of amides is 1.